The number of hydrogen-bond acceptors (Lipinski definition) is 5. The minimum absolute atomic E-state index is 0.0670. The van der Waals surface area contributed by atoms with Crippen molar-refractivity contribution in [3.8, 4) is 6.07 Å². The molecule has 0 bridgehead atoms. The van der Waals surface area contributed by atoms with Gasteiger partial charge < -0.3 is 5.73 Å². The lowest BCUT2D eigenvalue weighted by Gasteiger charge is -2.08. The van der Waals surface area contributed by atoms with Gasteiger partial charge in [-0.25, -0.2) is 23.1 Å². The summed E-state index contributed by atoms with van der Waals surface area (Å²) in [4.78, 5) is 7.52. The molecule has 0 aliphatic rings. The third-order valence-corrected chi connectivity index (χ3v) is 3.26. The summed E-state index contributed by atoms with van der Waals surface area (Å²) >= 11 is 1.08. The van der Waals surface area contributed by atoms with Crippen molar-refractivity contribution >= 4 is 28.5 Å². The molecule has 1 heterocycles. The standard InChI is InChI=1S/C12H7F3N4S/c1-2-3-20-12-18-10-6(11(17)19-12)7(13)5(4-16)8(14)9(10)15/h2H,1,3H2,(H2,17,18,19). The highest BCUT2D eigenvalue weighted by Crippen LogP contribution is 2.30. The summed E-state index contributed by atoms with van der Waals surface area (Å²) in [5, 5.41) is 8.22. The molecule has 1 aromatic heterocycles. The van der Waals surface area contributed by atoms with Crippen molar-refractivity contribution < 1.29 is 13.2 Å². The largest absolute Gasteiger partial charge is 0.383 e. The first kappa shape index (κ1) is 14.1. The summed E-state index contributed by atoms with van der Waals surface area (Å²) in [7, 11) is 0. The lowest BCUT2D eigenvalue weighted by Crippen LogP contribution is -2.05. The molecule has 20 heavy (non-hydrogen) atoms. The Balaban J connectivity index is 2.82. The molecule has 0 amide bonds. The number of fused-ring (bicyclic) bond motifs is 1. The molecule has 2 aromatic rings. The first-order chi connectivity index (χ1) is 9.51. The van der Waals surface area contributed by atoms with Crippen LogP contribution in [0.3, 0.4) is 0 Å². The van der Waals surface area contributed by atoms with Crippen LogP contribution < -0.4 is 5.73 Å². The first-order valence-electron chi connectivity index (χ1n) is 5.28. The van der Waals surface area contributed by atoms with Crippen LogP contribution in [0.15, 0.2) is 17.8 Å². The van der Waals surface area contributed by atoms with Crippen molar-refractivity contribution in [2.45, 2.75) is 5.16 Å². The second-order valence-electron chi connectivity index (χ2n) is 3.64. The maximum Gasteiger partial charge on any atom is 0.190 e. The molecule has 2 N–H and O–H groups in total. The number of anilines is 1. The number of benzene rings is 1. The Bertz CT molecular complexity index is 755. The van der Waals surface area contributed by atoms with Gasteiger partial charge in [0, 0.05) is 5.75 Å². The first-order valence-corrected chi connectivity index (χ1v) is 6.27. The molecular formula is C12H7F3N4S. The Labute approximate surface area is 116 Å². The number of nitriles is 1. The molecule has 0 unspecified atom stereocenters. The number of halogens is 3. The smallest absolute Gasteiger partial charge is 0.190 e. The zero-order chi connectivity index (χ0) is 14.9. The van der Waals surface area contributed by atoms with E-state index in [1.54, 1.807) is 6.08 Å². The summed E-state index contributed by atoms with van der Waals surface area (Å²) in [6, 6.07) is 1.25. The number of rotatable bonds is 3. The van der Waals surface area contributed by atoms with Crippen molar-refractivity contribution in [2.24, 2.45) is 0 Å². The highest BCUT2D eigenvalue weighted by molar-refractivity contribution is 7.99. The molecule has 0 saturated heterocycles. The maximum atomic E-state index is 13.9. The van der Waals surface area contributed by atoms with Gasteiger partial charge in [0.05, 0.1) is 5.39 Å². The number of aromatic nitrogens is 2. The molecule has 0 spiro atoms. The number of nitrogens with zero attached hydrogens (tertiary/aromatic N) is 3. The minimum atomic E-state index is -1.59. The molecule has 0 fully saturated rings. The zero-order valence-electron chi connectivity index (χ0n) is 9.95. The van der Waals surface area contributed by atoms with Crippen molar-refractivity contribution in [3.05, 3.63) is 35.7 Å². The highest BCUT2D eigenvalue weighted by atomic mass is 32.2. The van der Waals surface area contributed by atoms with Crippen molar-refractivity contribution in [2.75, 3.05) is 11.5 Å². The van der Waals surface area contributed by atoms with Crippen LogP contribution in [0.2, 0.25) is 0 Å². The SMILES string of the molecule is C=CCSc1nc(N)c2c(F)c(C#N)c(F)c(F)c2n1. The van der Waals surface area contributed by atoms with Crippen LogP contribution in [0.1, 0.15) is 5.56 Å². The van der Waals surface area contributed by atoms with Crippen LogP contribution >= 0.6 is 11.8 Å². The van der Waals surface area contributed by atoms with Crippen molar-refractivity contribution in [3.63, 3.8) is 0 Å². The summed E-state index contributed by atoms with van der Waals surface area (Å²) in [5.41, 5.74) is 3.91. The Hall–Kier alpha value is -2.27. The van der Waals surface area contributed by atoms with E-state index in [1.165, 1.54) is 6.07 Å². The average molecular weight is 296 g/mol. The number of nitrogens with two attached hydrogens (primary N) is 1. The van der Waals surface area contributed by atoms with E-state index >= 15 is 0 Å². The molecule has 0 aliphatic heterocycles. The summed E-state index contributed by atoms with van der Waals surface area (Å²) in [5.74, 6) is -4.20. The third-order valence-electron chi connectivity index (χ3n) is 2.42. The number of nitrogen functional groups attached to an aromatic ring is 1. The van der Waals surface area contributed by atoms with Crippen LogP contribution in [-0.2, 0) is 0 Å². The molecule has 0 radical (unpaired) electrons. The van der Waals surface area contributed by atoms with Crippen molar-refractivity contribution in [1.82, 2.24) is 9.97 Å². The Morgan fingerprint density at radius 2 is 1.95 bits per heavy atom. The molecule has 2 rings (SSSR count). The van der Waals surface area contributed by atoms with Crippen LogP contribution in [0.4, 0.5) is 19.0 Å². The second kappa shape index (κ2) is 5.38. The molecule has 8 heteroatoms. The van der Waals surface area contributed by atoms with E-state index in [-0.39, 0.29) is 11.0 Å². The quantitative estimate of drug-likeness (QED) is 0.408. The van der Waals surface area contributed by atoms with Crippen LogP contribution in [0.25, 0.3) is 10.9 Å². The molecule has 0 aliphatic carbocycles. The predicted octanol–water partition coefficient (Wildman–Crippen LogP) is 2.78. The Morgan fingerprint density at radius 1 is 1.25 bits per heavy atom. The Morgan fingerprint density at radius 3 is 2.55 bits per heavy atom. The lowest BCUT2D eigenvalue weighted by molar-refractivity contribution is 0.499. The maximum absolute atomic E-state index is 13.9. The van der Waals surface area contributed by atoms with Gasteiger partial charge in [0.25, 0.3) is 0 Å². The van der Waals surface area contributed by atoms with E-state index in [2.05, 4.69) is 16.5 Å². The predicted molar refractivity (Wildman–Crippen MR) is 69.5 cm³/mol. The normalized spacial score (nSPS) is 10.5. The second-order valence-corrected chi connectivity index (χ2v) is 4.63. The minimum Gasteiger partial charge on any atom is -0.383 e. The van der Waals surface area contributed by atoms with Gasteiger partial charge in [0.1, 0.15) is 23.0 Å². The van der Waals surface area contributed by atoms with Gasteiger partial charge >= 0.3 is 0 Å². The fourth-order valence-electron chi connectivity index (χ4n) is 1.56. The van der Waals surface area contributed by atoms with E-state index in [1.807, 2.05) is 0 Å². The van der Waals surface area contributed by atoms with Gasteiger partial charge in [-0.15, -0.1) is 6.58 Å². The van der Waals surface area contributed by atoms with Crippen LogP contribution in [-0.4, -0.2) is 15.7 Å². The molecule has 0 saturated carbocycles. The van der Waals surface area contributed by atoms with Gasteiger partial charge in [-0.3, -0.25) is 0 Å². The van der Waals surface area contributed by atoms with E-state index in [4.69, 9.17) is 11.0 Å². The topological polar surface area (TPSA) is 75.6 Å². The lowest BCUT2D eigenvalue weighted by atomic mass is 10.1. The molecule has 102 valence electrons. The monoisotopic (exact) mass is 296 g/mol. The van der Waals surface area contributed by atoms with E-state index < -0.39 is 33.9 Å². The van der Waals surface area contributed by atoms with Crippen LogP contribution in [0.5, 0.6) is 0 Å². The third kappa shape index (κ3) is 2.16. The van der Waals surface area contributed by atoms with Gasteiger partial charge in [0.2, 0.25) is 0 Å². The van der Waals surface area contributed by atoms with Gasteiger partial charge in [-0.1, -0.05) is 17.8 Å². The molecule has 4 nitrogen and oxygen atoms in total. The summed E-state index contributed by atoms with van der Waals surface area (Å²) in [6.07, 6.45) is 1.56. The molecule has 0 atom stereocenters. The summed E-state index contributed by atoms with van der Waals surface area (Å²) < 4.78 is 41.3. The summed E-state index contributed by atoms with van der Waals surface area (Å²) in [6.45, 7) is 3.49. The zero-order valence-corrected chi connectivity index (χ0v) is 10.8. The van der Waals surface area contributed by atoms with Gasteiger partial charge in [-0.2, -0.15) is 5.26 Å². The fraction of sp³-hybridized carbons (Fsp3) is 0.0833. The van der Waals surface area contributed by atoms with Crippen molar-refractivity contribution in [1.29, 1.82) is 5.26 Å². The van der Waals surface area contributed by atoms with Gasteiger partial charge in [-0.05, 0) is 0 Å². The van der Waals surface area contributed by atoms with Crippen LogP contribution in [0, 0.1) is 28.8 Å². The fourth-order valence-corrected chi connectivity index (χ4v) is 2.15. The van der Waals surface area contributed by atoms with Gasteiger partial charge in [0.15, 0.2) is 22.6 Å². The highest BCUT2D eigenvalue weighted by Gasteiger charge is 2.24. The number of thioether (sulfide) groups is 1. The molecular weight excluding hydrogens is 289 g/mol. The van der Waals surface area contributed by atoms with E-state index in [0.717, 1.165) is 11.8 Å². The van der Waals surface area contributed by atoms with E-state index in [9.17, 15) is 13.2 Å². The van der Waals surface area contributed by atoms with E-state index in [0.29, 0.717) is 5.75 Å². The number of hydrogen-bond donors (Lipinski definition) is 1. The average Bonchev–Trinajstić information content (AvgIpc) is 2.42. The Kier molecular flexibility index (Phi) is 3.81. The molecule has 1 aromatic carbocycles.